The zero-order valence-corrected chi connectivity index (χ0v) is 16.2. The van der Waals surface area contributed by atoms with Gasteiger partial charge >= 0.3 is 0 Å². The predicted octanol–water partition coefficient (Wildman–Crippen LogP) is 2.29. The van der Waals surface area contributed by atoms with Gasteiger partial charge in [-0.3, -0.25) is 4.79 Å². The smallest absolute Gasteiger partial charge is 0.227 e. The number of imidazole rings is 1. The summed E-state index contributed by atoms with van der Waals surface area (Å²) in [7, 11) is 1.67. The maximum absolute atomic E-state index is 13.1. The van der Waals surface area contributed by atoms with E-state index in [9.17, 15) is 4.79 Å². The number of carbonyl (C=O) groups excluding carboxylic acids is 1. The van der Waals surface area contributed by atoms with Crippen LogP contribution in [-0.2, 0) is 17.8 Å². The fourth-order valence-corrected chi connectivity index (χ4v) is 4.17. The number of hydrogen-bond donors (Lipinski definition) is 0. The molecule has 4 rings (SSSR count). The van der Waals surface area contributed by atoms with Crippen LogP contribution >= 0.6 is 0 Å². The first-order chi connectivity index (χ1) is 13.2. The molecule has 0 bridgehead atoms. The molecule has 0 aliphatic carbocycles. The third-order valence-corrected chi connectivity index (χ3v) is 5.92. The van der Waals surface area contributed by atoms with Crippen LogP contribution < -0.4 is 4.74 Å². The second-order valence-electron chi connectivity index (χ2n) is 7.39. The van der Waals surface area contributed by atoms with Crippen molar-refractivity contribution < 1.29 is 9.53 Å². The molecule has 1 aromatic heterocycles. The van der Waals surface area contributed by atoms with Crippen LogP contribution in [0.15, 0.2) is 30.5 Å². The van der Waals surface area contributed by atoms with Gasteiger partial charge in [0.15, 0.2) is 0 Å². The molecule has 2 aromatic rings. The topological polar surface area (TPSA) is 50.6 Å². The quantitative estimate of drug-likeness (QED) is 0.831. The van der Waals surface area contributed by atoms with Crippen molar-refractivity contribution in [2.24, 2.45) is 5.92 Å². The van der Waals surface area contributed by atoms with E-state index in [0.717, 1.165) is 74.9 Å². The largest absolute Gasteiger partial charge is 0.497 e. The van der Waals surface area contributed by atoms with E-state index in [2.05, 4.69) is 38.4 Å². The van der Waals surface area contributed by atoms with Crippen LogP contribution in [-0.4, -0.2) is 65.1 Å². The number of rotatable bonds is 4. The molecule has 27 heavy (non-hydrogen) atoms. The van der Waals surface area contributed by atoms with Crippen LogP contribution in [0.4, 0.5) is 0 Å². The summed E-state index contributed by atoms with van der Waals surface area (Å²) in [6.45, 7) is 7.65. The Hall–Kier alpha value is -2.34. The standard InChI is InChI=1S/C21H28N4O2/c1-3-23-10-12-24(13-11-23)21(26)17-6-9-20-22-14-19(25(20)15-17)16-4-7-18(27-2)8-5-16/h4-5,7-8,14,17H,3,6,9-13,15H2,1-2H3/t17-/m0/s1. The molecule has 144 valence electrons. The minimum atomic E-state index is 0.0527. The average molecular weight is 368 g/mol. The molecule has 0 saturated carbocycles. The van der Waals surface area contributed by atoms with Gasteiger partial charge in [-0.1, -0.05) is 6.92 Å². The first-order valence-electron chi connectivity index (χ1n) is 9.89. The van der Waals surface area contributed by atoms with Crippen molar-refractivity contribution in [2.75, 3.05) is 39.8 Å². The van der Waals surface area contributed by atoms with Gasteiger partial charge in [0.05, 0.1) is 24.9 Å². The van der Waals surface area contributed by atoms with Gasteiger partial charge in [0, 0.05) is 44.7 Å². The van der Waals surface area contributed by atoms with E-state index in [-0.39, 0.29) is 5.92 Å². The fraction of sp³-hybridized carbons (Fsp3) is 0.524. The third-order valence-electron chi connectivity index (χ3n) is 5.92. The van der Waals surface area contributed by atoms with Crippen molar-refractivity contribution in [3.05, 3.63) is 36.3 Å². The molecule has 6 nitrogen and oxygen atoms in total. The van der Waals surface area contributed by atoms with Crippen molar-refractivity contribution in [2.45, 2.75) is 26.3 Å². The Labute approximate surface area is 160 Å². The molecule has 2 aliphatic heterocycles. The number of fused-ring (bicyclic) bond motifs is 1. The van der Waals surface area contributed by atoms with Gasteiger partial charge < -0.3 is 19.1 Å². The molecule has 1 fully saturated rings. The van der Waals surface area contributed by atoms with Crippen LogP contribution in [0, 0.1) is 5.92 Å². The Bertz CT molecular complexity index is 791. The second kappa shape index (κ2) is 7.72. The number of ether oxygens (including phenoxy) is 1. The van der Waals surface area contributed by atoms with Crippen molar-refractivity contribution in [1.82, 2.24) is 19.4 Å². The van der Waals surface area contributed by atoms with Crippen LogP contribution in [0.25, 0.3) is 11.3 Å². The highest BCUT2D eigenvalue weighted by Crippen LogP contribution is 2.29. The monoisotopic (exact) mass is 368 g/mol. The molecular formula is C21H28N4O2. The van der Waals surface area contributed by atoms with Gasteiger partial charge in [-0.2, -0.15) is 0 Å². The van der Waals surface area contributed by atoms with Crippen LogP contribution in [0.2, 0.25) is 0 Å². The summed E-state index contributed by atoms with van der Waals surface area (Å²) in [5, 5.41) is 0. The Morgan fingerprint density at radius 2 is 1.93 bits per heavy atom. The Kier molecular flexibility index (Phi) is 5.16. The summed E-state index contributed by atoms with van der Waals surface area (Å²) < 4.78 is 7.49. The summed E-state index contributed by atoms with van der Waals surface area (Å²) >= 11 is 0. The van der Waals surface area contributed by atoms with Gasteiger partial charge in [0.25, 0.3) is 0 Å². The van der Waals surface area contributed by atoms with E-state index in [1.807, 2.05) is 18.3 Å². The highest BCUT2D eigenvalue weighted by Gasteiger charge is 2.31. The number of carbonyl (C=O) groups is 1. The molecular weight excluding hydrogens is 340 g/mol. The van der Waals surface area contributed by atoms with E-state index in [0.29, 0.717) is 5.91 Å². The van der Waals surface area contributed by atoms with E-state index in [1.54, 1.807) is 7.11 Å². The number of hydrogen-bond acceptors (Lipinski definition) is 4. The Morgan fingerprint density at radius 1 is 1.19 bits per heavy atom. The second-order valence-corrected chi connectivity index (χ2v) is 7.39. The number of piperazine rings is 1. The Morgan fingerprint density at radius 3 is 2.59 bits per heavy atom. The van der Waals surface area contributed by atoms with E-state index in [4.69, 9.17) is 4.74 Å². The molecule has 1 amide bonds. The van der Waals surface area contributed by atoms with E-state index in [1.165, 1.54) is 0 Å². The summed E-state index contributed by atoms with van der Waals surface area (Å²) in [5.74, 6) is 2.29. The van der Waals surface area contributed by atoms with E-state index < -0.39 is 0 Å². The molecule has 0 N–H and O–H groups in total. The lowest BCUT2D eigenvalue weighted by Gasteiger charge is -2.37. The molecule has 0 radical (unpaired) electrons. The minimum absolute atomic E-state index is 0.0527. The predicted molar refractivity (Wildman–Crippen MR) is 105 cm³/mol. The molecule has 0 spiro atoms. The lowest BCUT2D eigenvalue weighted by atomic mass is 9.97. The number of likely N-dealkylation sites (N-methyl/N-ethyl adjacent to an activating group) is 1. The molecule has 3 heterocycles. The van der Waals surface area contributed by atoms with Crippen LogP contribution in [0.5, 0.6) is 5.75 Å². The van der Waals surface area contributed by atoms with Crippen LogP contribution in [0.1, 0.15) is 19.2 Å². The Balaban J connectivity index is 1.49. The van der Waals surface area contributed by atoms with Crippen molar-refractivity contribution in [3.8, 4) is 17.0 Å². The highest BCUT2D eigenvalue weighted by atomic mass is 16.5. The molecule has 1 aromatic carbocycles. The SMILES string of the molecule is CCN1CCN(C(=O)[C@H]2CCc3ncc(-c4ccc(OC)cc4)n3C2)CC1. The van der Waals surface area contributed by atoms with E-state index >= 15 is 0 Å². The summed E-state index contributed by atoms with van der Waals surface area (Å²) in [6.07, 6.45) is 3.69. The lowest BCUT2D eigenvalue weighted by Crippen LogP contribution is -2.51. The van der Waals surface area contributed by atoms with Gasteiger partial charge in [-0.25, -0.2) is 4.98 Å². The normalized spacial score (nSPS) is 20.4. The summed E-state index contributed by atoms with van der Waals surface area (Å²) in [4.78, 5) is 22.1. The lowest BCUT2D eigenvalue weighted by molar-refractivity contribution is -0.138. The third kappa shape index (κ3) is 3.58. The summed E-state index contributed by atoms with van der Waals surface area (Å²) in [6, 6.07) is 8.04. The number of benzene rings is 1. The van der Waals surface area contributed by atoms with Crippen LogP contribution in [0.3, 0.4) is 0 Å². The number of methoxy groups -OCH3 is 1. The average Bonchev–Trinajstić information content (AvgIpc) is 3.16. The van der Waals surface area contributed by atoms with Gasteiger partial charge in [0.2, 0.25) is 5.91 Å². The van der Waals surface area contributed by atoms with Crippen molar-refractivity contribution >= 4 is 5.91 Å². The summed E-state index contributed by atoms with van der Waals surface area (Å²) in [5.41, 5.74) is 2.19. The molecule has 0 unspecified atom stereocenters. The molecule has 2 aliphatic rings. The van der Waals surface area contributed by atoms with Crippen molar-refractivity contribution in [3.63, 3.8) is 0 Å². The minimum Gasteiger partial charge on any atom is -0.497 e. The van der Waals surface area contributed by atoms with Crippen molar-refractivity contribution in [1.29, 1.82) is 0 Å². The number of nitrogens with zero attached hydrogens (tertiary/aromatic N) is 4. The van der Waals surface area contributed by atoms with Gasteiger partial charge in [0.1, 0.15) is 11.6 Å². The van der Waals surface area contributed by atoms with Gasteiger partial charge in [-0.15, -0.1) is 0 Å². The van der Waals surface area contributed by atoms with Gasteiger partial charge in [-0.05, 0) is 37.2 Å². The number of amides is 1. The number of aromatic nitrogens is 2. The first-order valence-corrected chi connectivity index (χ1v) is 9.89. The number of aryl methyl sites for hydroxylation is 1. The maximum atomic E-state index is 13.1. The first kappa shape index (κ1) is 18.0. The highest BCUT2D eigenvalue weighted by molar-refractivity contribution is 5.79. The molecule has 1 saturated heterocycles. The molecule has 1 atom stereocenters. The molecule has 6 heteroatoms. The fourth-order valence-electron chi connectivity index (χ4n) is 4.17. The zero-order valence-electron chi connectivity index (χ0n) is 16.2. The zero-order chi connectivity index (χ0) is 18.8. The maximum Gasteiger partial charge on any atom is 0.227 e.